The number of amides is 1. The summed E-state index contributed by atoms with van der Waals surface area (Å²) < 4.78 is 0. The highest BCUT2D eigenvalue weighted by Crippen LogP contribution is 2.30. The molecule has 0 atom stereocenters. The van der Waals surface area contributed by atoms with E-state index in [2.05, 4.69) is 10.3 Å². The SMILES string of the molecule is O=C(NC1(C(=O)O)CCCC1)c1ccc[nH]1. The van der Waals surface area contributed by atoms with E-state index in [-0.39, 0.29) is 5.91 Å². The lowest BCUT2D eigenvalue weighted by Crippen LogP contribution is -2.52. The van der Waals surface area contributed by atoms with Crippen molar-refractivity contribution in [3.63, 3.8) is 0 Å². The first-order valence-corrected chi connectivity index (χ1v) is 5.33. The van der Waals surface area contributed by atoms with Crippen LogP contribution in [0.25, 0.3) is 0 Å². The summed E-state index contributed by atoms with van der Waals surface area (Å²) in [5, 5.41) is 11.8. The summed E-state index contributed by atoms with van der Waals surface area (Å²) in [4.78, 5) is 25.7. The van der Waals surface area contributed by atoms with Gasteiger partial charge in [-0.15, -0.1) is 0 Å². The van der Waals surface area contributed by atoms with Gasteiger partial charge in [0.05, 0.1) is 0 Å². The van der Waals surface area contributed by atoms with Crippen molar-refractivity contribution in [3.05, 3.63) is 24.0 Å². The maximum Gasteiger partial charge on any atom is 0.329 e. The first-order valence-electron chi connectivity index (χ1n) is 5.33. The Labute approximate surface area is 92.9 Å². The number of carbonyl (C=O) groups excluding carboxylic acids is 1. The van der Waals surface area contributed by atoms with E-state index in [1.165, 1.54) is 0 Å². The van der Waals surface area contributed by atoms with E-state index in [1.807, 2.05) is 0 Å². The molecule has 1 aromatic rings. The van der Waals surface area contributed by atoms with Crippen LogP contribution >= 0.6 is 0 Å². The summed E-state index contributed by atoms with van der Waals surface area (Å²) in [7, 11) is 0. The van der Waals surface area contributed by atoms with Crippen molar-refractivity contribution in [2.24, 2.45) is 0 Å². The maximum absolute atomic E-state index is 11.8. The predicted octanol–water partition coefficient (Wildman–Crippen LogP) is 1.14. The molecule has 0 spiro atoms. The summed E-state index contributed by atoms with van der Waals surface area (Å²) >= 11 is 0. The number of nitrogens with one attached hydrogen (secondary N) is 2. The van der Waals surface area contributed by atoms with Gasteiger partial charge in [-0.05, 0) is 25.0 Å². The van der Waals surface area contributed by atoms with Crippen LogP contribution in [0.4, 0.5) is 0 Å². The Bertz CT molecular complexity index is 391. The zero-order valence-corrected chi connectivity index (χ0v) is 8.82. The van der Waals surface area contributed by atoms with Crippen LogP contribution in [0.1, 0.15) is 36.2 Å². The Morgan fingerprint density at radius 2 is 2.06 bits per heavy atom. The zero-order chi connectivity index (χ0) is 11.6. The Kier molecular flexibility index (Phi) is 2.68. The molecule has 3 N–H and O–H groups in total. The van der Waals surface area contributed by atoms with Crippen molar-refractivity contribution in [1.29, 1.82) is 0 Å². The van der Waals surface area contributed by atoms with E-state index < -0.39 is 11.5 Å². The van der Waals surface area contributed by atoms with Crippen LogP contribution in [-0.4, -0.2) is 27.5 Å². The molecule has 5 nitrogen and oxygen atoms in total. The summed E-state index contributed by atoms with van der Waals surface area (Å²) in [5.41, 5.74) is -0.671. The van der Waals surface area contributed by atoms with Crippen LogP contribution in [0.2, 0.25) is 0 Å². The Morgan fingerprint density at radius 3 is 2.56 bits per heavy atom. The minimum Gasteiger partial charge on any atom is -0.480 e. The van der Waals surface area contributed by atoms with Crippen LogP contribution in [0, 0.1) is 0 Å². The number of hydrogen-bond acceptors (Lipinski definition) is 2. The lowest BCUT2D eigenvalue weighted by Gasteiger charge is -2.24. The van der Waals surface area contributed by atoms with E-state index in [0.29, 0.717) is 18.5 Å². The van der Waals surface area contributed by atoms with Crippen molar-refractivity contribution in [2.45, 2.75) is 31.2 Å². The third-order valence-electron chi connectivity index (χ3n) is 3.06. The molecule has 1 amide bonds. The van der Waals surface area contributed by atoms with Crippen LogP contribution < -0.4 is 5.32 Å². The molecule has 1 saturated carbocycles. The van der Waals surface area contributed by atoms with Gasteiger partial charge < -0.3 is 15.4 Å². The molecule has 0 radical (unpaired) electrons. The first-order chi connectivity index (χ1) is 7.64. The number of aromatic nitrogens is 1. The van der Waals surface area contributed by atoms with Gasteiger partial charge in [-0.2, -0.15) is 0 Å². The molecule has 0 aromatic carbocycles. The van der Waals surface area contributed by atoms with Crippen molar-refractivity contribution >= 4 is 11.9 Å². The van der Waals surface area contributed by atoms with E-state index in [1.54, 1.807) is 18.3 Å². The molecule has 2 rings (SSSR count). The average Bonchev–Trinajstić information content (AvgIpc) is 2.88. The largest absolute Gasteiger partial charge is 0.480 e. The number of aliphatic carboxylic acids is 1. The molecule has 16 heavy (non-hydrogen) atoms. The molecule has 1 heterocycles. The van der Waals surface area contributed by atoms with Crippen LogP contribution in [0.15, 0.2) is 18.3 Å². The highest BCUT2D eigenvalue weighted by molar-refractivity contribution is 5.96. The number of carboxylic acid groups (broad SMARTS) is 1. The third-order valence-corrected chi connectivity index (χ3v) is 3.06. The van der Waals surface area contributed by atoms with Crippen molar-refractivity contribution < 1.29 is 14.7 Å². The predicted molar refractivity (Wildman–Crippen MR) is 57.1 cm³/mol. The van der Waals surface area contributed by atoms with Crippen LogP contribution in [-0.2, 0) is 4.79 Å². The fourth-order valence-electron chi connectivity index (χ4n) is 2.13. The van der Waals surface area contributed by atoms with Gasteiger partial charge in [-0.25, -0.2) is 4.79 Å². The minimum atomic E-state index is -1.07. The summed E-state index contributed by atoms with van der Waals surface area (Å²) in [5.74, 6) is -1.29. The standard InChI is InChI=1S/C11H14N2O3/c14-9(8-4-3-7-12-8)13-11(10(15)16)5-1-2-6-11/h3-4,7,12H,1-2,5-6H2,(H,13,14)(H,15,16). The van der Waals surface area contributed by atoms with Crippen LogP contribution in [0.5, 0.6) is 0 Å². The molecule has 0 unspecified atom stereocenters. The van der Waals surface area contributed by atoms with Gasteiger partial charge in [-0.1, -0.05) is 12.8 Å². The second-order valence-corrected chi connectivity index (χ2v) is 4.13. The molecule has 0 saturated heterocycles. The van der Waals surface area contributed by atoms with Crippen LogP contribution in [0.3, 0.4) is 0 Å². The number of aromatic amines is 1. The van der Waals surface area contributed by atoms with Gasteiger partial charge in [-0.3, -0.25) is 4.79 Å². The highest BCUT2D eigenvalue weighted by atomic mass is 16.4. The number of H-pyrrole nitrogens is 1. The fraction of sp³-hybridized carbons (Fsp3) is 0.455. The van der Waals surface area contributed by atoms with Gasteiger partial charge in [0.2, 0.25) is 0 Å². The van der Waals surface area contributed by atoms with E-state index in [9.17, 15) is 14.7 Å². The van der Waals surface area contributed by atoms with E-state index in [0.717, 1.165) is 12.8 Å². The molecular weight excluding hydrogens is 208 g/mol. The Balaban J connectivity index is 2.13. The average molecular weight is 222 g/mol. The molecule has 1 aliphatic carbocycles. The molecule has 1 aromatic heterocycles. The molecule has 1 aliphatic rings. The van der Waals surface area contributed by atoms with Gasteiger partial charge >= 0.3 is 5.97 Å². The topological polar surface area (TPSA) is 82.2 Å². The lowest BCUT2D eigenvalue weighted by molar-refractivity contribution is -0.144. The van der Waals surface area contributed by atoms with Crippen molar-refractivity contribution in [3.8, 4) is 0 Å². The number of hydrogen-bond donors (Lipinski definition) is 3. The number of carboxylic acids is 1. The smallest absolute Gasteiger partial charge is 0.329 e. The molecule has 0 aliphatic heterocycles. The fourth-order valence-corrected chi connectivity index (χ4v) is 2.13. The van der Waals surface area contributed by atoms with Gasteiger partial charge in [0.25, 0.3) is 5.91 Å². The van der Waals surface area contributed by atoms with Gasteiger partial charge in [0.1, 0.15) is 11.2 Å². The molecule has 5 heteroatoms. The Morgan fingerprint density at radius 1 is 1.38 bits per heavy atom. The lowest BCUT2D eigenvalue weighted by atomic mass is 9.97. The normalized spacial score (nSPS) is 18.2. The molecule has 86 valence electrons. The van der Waals surface area contributed by atoms with E-state index >= 15 is 0 Å². The number of carbonyl (C=O) groups is 2. The quantitative estimate of drug-likeness (QED) is 0.717. The third kappa shape index (κ3) is 1.80. The monoisotopic (exact) mass is 222 g/mol. The van der Waals surface area contributed by atoms with Gasteiger partial charge in [0, 0.05) is 6.20 Å². The second kappa shape index (κ2) is 4.00. The zero-order valence-electron chi connectivity index (χ0n) is 8.82. The molecule has 0 bridgehead atoms. The van der Waals surface area contributed by atoms with Gasteiger partial charge in [0.15, 0.2) is 0 Å². The molecule has 1 fully saturated rings. The first kappa shape index (κ1) is 10.7. The Hall–Kier alpha value is -1.78. The van der Waals surface area contributed by atoms with Crippen molar-refractivity contribution in [1.82, 2.24) is 10.3 Å². The van der Waals surface area contributed by atoms with Crippen molar-refractivity contribution in [2.75, 3.05) is 0 Å². The highest BCUT2D eigenvalue weighted by Gasteiger charge is 2.42. The summed E-state index contributed by atoms with van der Waals surface area (Å²) in [6.45, 7) is 0. The summed E-state index contributed by atoms with van der Waals surface area (Å²) in [6, 6.07) is 3.33. The molecular formula is C11H14N2O3. The number of rotatable bonds is 3. The second-order valence-electron chi connectivity index (χ2n) is 4.13. The minimum absolute atomic E-state index is 0.352. The summed E-state index contributed by atoms with van der Waals surface area (Å²) in [6.07, 6.45) is 4.34. The van der Waals surface area contributed by atoms with E-state index in [4.69, 9.17) is 0 Å². The maximum atomic E-state index is 11.8.